The Labute approximate surface area is 237 Å². The van der Waals surface area contributed by atoms with Crippen LogP contribution in [0.15, 0.2) is 78.9 Å². The van der Waals surface area contributed by atoms with E-state index in [1.807, 2.05) is 35.8 Å². The van der Waals surface area contributed by atoms with Gasteiger partial charge in [0.2, 0.25) is 5.88 Å². The van der Waals surface area contributed by atoms with Crippen LogP contribution < -0.4 is 4.74 Å². The summed E-state index contributed by atoms with van der Waals surface area (Å²) in [7, 11) is 0. The van der Waals surface area contributed by atoms with Crippen LogP contribution in [0, 0.1) is 12.7 Å². The summed E-state index contributed by atoms with van der Waals surface area (Å²) in [5.41, 5.74) is 5.45. The van der Waals surface area contributed by atoms with Gasteiger partial charge in [-0.1, -0.05) is 42.0 Å². The Morgan fingerprint density at radius 1 is 1.05 bits per heavy atom. The maximum Gasteiger partial charge on any atom is 0.335 e. The number of imidazole rings is 1. The Hall–Kier alpha value is -4.56. The highest BCUT2D eigenvalue weighted by Gasteiger charge is 2.21. The van der Waals surface area contributed by atoms with Crippen molar-refractivity contribution in [2.24, 2.45) is 0 Å². The third kappa shape index (κ3) is 5.98. The summed E-state index contributed by atoms with van der Waals surface area (Å²) >= 11 is 0. The number of carboxylic acid groups (broad SMARTS) is 1. The van der Waals surface area contributed by atoms with E-state index < -0.39 is 5.97 Å². The molecule has 1 saturated heterocycles. The van der Waals surface area contributed by atoms with E-state index in [1.165, 1.54) is 6.07 Å². The van der Waals surface area contributed by atoms with E-state index in [-0.39, 0.29) is 17.5 Å². The summed E-state index contributed by atoms with van der Waals surface area (Å²) in [6.45, 7) is 3.69. The van der Waals surface area contributed by atoms with Crippen molar-refractivity contribution >= 4 is 17.0 Å². The molecule has 1 unspecified atom stereocenters. The van der Waals surface area contributed by atoms with E-state index >= 15 is 4.39 Å². The van der Waals surface area contributed by atoms with E-state index in [0.29, 0.717) is 48.8 Å². The number of hydrogen-bond donors (Lipinski definition) is 1. The summed E-state index contributed by atoms with van der Waals surface area (Å²) in [6, 6.07) is 23.4. The molecule has 1 aliphatic heterocycles. The van der Waals surface area contributed by atoms with Gasteiger partial charge in [-0.3, -0.25) is 0 Å². The van der Waals surface area contributed by atoms with Crippen molar-refractivity contribution in [3.8, 4) is 17.1 Å². The van der Waals surface area contributed by atoms with Gasteiger partial charge in [0.05, 0.1) is 34.9 Å². The van der Waals surface area contributed by atoms with E-state index in [4.69, 9.17) is 14.5 Å². The van der Waals surface area contributed by atoms with Crippen molar-refractivity contribution < 1.29 is 23.8 Å². The zero-order valence-corrected chi connectivity index (χ0v) is 22.7. The average Bonchev–Trinajstić information content (AvgIpc) is 3.60. The van der Waals surface area contributed by atoms with E-state index in [0.717, 1.165) is 40.9 Å². The molecule has 208 valence electrons. The van der Waals surface area contributed by atoms with Gasteiger partial charge in [0.15, 0.2) is 0 Å². The zero-order chi connectivity index (χ0) is 28.3. The van der Waals surface area contributed by atoms with Gasteiger partial charge in [-0.05, 0) is 67.3 Å². The van der Waals surface area contributed by atoms with Crippen LogP contribution in [0.2, 0.25) is 0 Å². The fraction of sp³-hybridized carbons (Fsp3) is 0.242. The van der Waals surface area contributed by atoms with Gasteiger partial charge < -0.3 is 19.1 Å². The molecular weight excluding hydrogens is 521 g/mol. The normalized spacial score (nSPS) is 14.9. The van der Waals surface area contributed by atoms with Crippen molar-refractivity contribution in [2.45, 2.75) is 45.4 Å². The predicted molar refractivity (Wildman–Crippen MR) is 154 cm³/mol. The van der Waals surface area contributed by atoms with Gasteiger partial charge >= 0.3 is 5.97 Å². The number of rotatable bonds is 9. The minimum atomic E-state index is -0.991. The molecule has 7 nitrogen and oxygen atoms in total. The molecule has 1 N–H and O–H groups in total. The fourth-order valence-corrected chi connectivity index (χ4v) is 5.30. The van der Waals surface area contributed by atoms with Gasteiger partial charge in [0.25, 0.3) is 0 Å². The minimum Gasteiger partial charge on any atom is -0.478 e. The van der Waals surface area contributed by atoms with Crippen molar-refractivity contribution in [1.82, 2.24) is 14.5 Å². The molecule has 8 heteroatoms. The summed E-state index contributed by atoms with van der Waals surface area (Å²) in [5.74, 6) is -0.221. The largest absolute Gasteiger partial charge is 0.478 e. The van der Waals surface area contributed by atoms with Gasteiger partial charge in [-0.2, -0.15) is 0 Å². The van der Waals surface area contributed by atoms with Crippen LogP contribution in [0.4, 0.5) is 4.39 Å². The van der Waals surface area contributed by atoms with E-state index in [9.17, 15) is 9.90 Å². The van der Waals surface area contributed by atoms with Crippen LogP contribution in [0.25, 0.3) is 22.3 Å². The first-order valence-corrected chi connectivity index (χ1v) is 13.7. The van der Waals surface area contributed by atoms with E-state index in [2.05, 4.69) is 11.1 Å². The van der Waals surface area contributed by atoms with Crippen LogP contribution in [-0.4, -0.2) is 38.3 Å². The standard InChI is InChI=1S/C33H30FN3O4/c1-21-5-2-6-23(15-21)20-41-32-9-3-8-28(36-32)26-12-10-22(16-27(26)34)17-31-35-29-13-11-24(33(38)39)18-30(29)37(31)19-25-7-4-14-40-25/h2-3,5-6,8-13,15-16,18,25H,4,7,14,17,19-20H2,1H3,(H,38,39). The Kier molecular flexibility index (Phi) is 7.48. The zero-order valence-electron chi connectivity index (χ0n) is 22.7. The smallest absolute Gasteiger partial charge is 0.335 e. The third-order valence-corrected chi connectivity index (χ3v) is 7.35. The summed E-state index contributed by atoms with van der Waals surface area (Å²) in [6.07, 6.45) is 2.34. The number of aromatic nitrogens is 3. The molecule has 6 rings (SSSR count). The number of nitrogens with zero attached hydrogens (tertiary/aromatic N) is 3. The van der Waals surface area contributed by atoms with Crippen molar-refractivity contribution in [3.63, 3.8) is 0 Å². The number of aryl methyl sites for hydroxylation is 1. The topological polar surface area (TPSA) is 86.5 Å². The minimum absolute atomic E-state index is 0.0326. The number of benzene rings is 3. The predicted octanol–water partition coefficient (Wildman–Crippen LogP) is 6.59. The first kappa shape index (κ1) is 26.7. The number of carbonyl (C=O) groups is 1. The number of hydrogen-bond acceptors (Lipinski definition) is 5. The quantitative estimate of drug-likeness (QED) is 0.222. The molecule has 0 aliphatic carbocycles. The highest BCUT2D eigenvalue weighted by molar-refractivity contribution is 5.92. The SMILES string of the molecule is Cc1cccc(COc2cccc(-c3ccc(Cc4nc5ccc(C(=O)O)cc5n4CC4CCCO4)cc3F)n2)c1. The Morgan fingerprint density at radius 3 is 2.71 bits per heavy atom. The molecule has 0 saturated carbocycles. The Morgan fingerprint density at radius 2 is 1.93 bits per heavy atom. The molecule has 0 radical (unpaired) electrons. The van der Waals surface area contributed by atoms with E-state index in [1.54, 1.807) is 42.5 Å². The van der Waals surface area contributed by atoms with Crippen molar-refractivity contribution in [3.05, 3.63) is 113 Å². The molecule has 1 aliphatic rings. The second kappa shape index (κ2) is 11.5. The van der Waals surface area contributed by atoms with Crippen LogP contribution in [0.5, 0.6) is 5.88 Å². The molecule has 3 aromatic carbocycles. The Balaban J connectivity index is 1.24. The highest BCUT2D eigenvalue weighted by Crippen LogP contribution is 2.27. The molecule has 0 amide bonds. The molecule has 1 atom stereocenters. The second-order valence-electron chi connectivity index (χ2n) is 10.4. The number of aromatic carboxylic acids is 1. The summed E-state index contributed by atoms with van der Waals surface area (Å²) in [5, 5.41) is 9.51. The van der Waals surface area contributed by atoms with Crippen molar-refractivity contribution in [1.29, 1.82) is 0 Å². The highest BCUT2D eigenvalue weighted by atomic mass is 19.1. The van der Waals surface area contributed by atoms with Crippen LogP contribution in [-0.2, 0) is 24.3 Å². The maximum absolute atomic E-state index is 15.4. The van der Waals surface area contributed by atoms with Gasteiger partial charge in [0, 0.05) is 24.7 Å². The lowest BCUT2D eigenvalue weighted by Gasteiger charge is -2.15. The van der Waals surface area contributed by atoms with Crippen LogP contribution in [0.1, 0.15) is 45.7 Å². The number of carboxylic acids is 1. The monoisotopic (exact) mass is 551 g/mol. The fourth-order valence-electron chi connectivity index (χ4n) is 5.30. The molecule has 2 aromatic heterocycles. The average molecular weight is 552 g/mol. The molecular formula is C33H30FN3O4. The third-order valence-electron chi connectivity index (χ3n) is 7.35. The first-order valence-electron chi connectivity index (χ1n) is 13.7. The Bertz CT molecular complexity index is 1730. The maximum atomic E-state index is 15.4. The van der Waals surface area contributed by atoms with Crippen molar-refractivity contribution in [2.75, 3.05) is 6.61 Å². The lowest BCUT2D eigenvalue weighted by atomic mass is 10.1. The molecule has 41 heavy (non-hydrogen) atoms. The lowest BCUT2D eigenvalue weighted by molar-refractivity contribution is 0.0697. The van der Waals surface area contributed by atoms with Gasteiger partial charge in [-0.15, -0.1) is 0 Å². The number of pyridine rings is 1. The molecule has 0 spiro atoms. The summed E-state index contributed by atoms with van der Waals surface area (Å²) in [4.78, 5) is 20.9. The summed E-state index contributed by atoms with van der Waals surface area (Å²) < 4.78 is 29.2. The number of halogens is 1. The second-order valence-corrected chi connectivity index (χ2v) is 10.4. The molecule has 1 fully saturated rings. The van der Waals surface area contributed by atoms with Gasteiger partial charge in [0.1, 0.15) is 18.2 Å². The molecule has 3 heterocycles. The first-order chi connectivity index (χ1) is 19.9. The molecule has 0 bridgehead atoms. The number of fused-ring (bicyclic) bond motifs is 1. The van der Waals surface area contributed by atoms with Gasteiger partial charge in [-0.25, -0.2) is 19.2 Å². The van der Waals surface area contributed by atoms with Crippen LogP contribution in [0.3, 0.4) is 0 Å². The van der Waals surface area contributed by atoms with Crippen LogP contribution >= 0.6 is 0 Å². The number of ether oxygens (including phenoxy) is 2. The molecule has 5 aromatic rings. The lowest BCUT2D eigenvalue weighted by Crippen LogP contribution is -2.17.